The van der Waals surface area contributed by atoms with Crippen LogP contribution in [0.2, 0.25) is 5.02 Å². The van der Waals surface area contributed by atoms with Gasteiger partial charge in [0.2, 0.25) is 5.91 Å². The molecule has 4 rings (SSSR count). The van der Waals surface area contributed by atoms with Gasteiger partial charge >= 0.3 is 0 Å². The van der Waals surface area contributed by atoms with Crippen LogP contribution in [0.25, 0.3) is 0 Å². The van der Waals surface area contributed by atoms with Crippen molar-refractivity contribution in [2.24, 2.45) is 0 Å². The lowest BCUT2D eigenvalue weighted by atomic mass is 9.73. The molecule has 0 fully saturated rings. The molecule has 0 unspecified atom stereocenters. The van der Waals surface area contributed by atoms with Gasteiger partial charge in [-0.2, -0.15) is 0 Å². The van der Waals surface area contributed by atoms with Crippen LogP contribution < -0.4 is 10.1 Å². The summed E-state index contributed by atoms with van der Waals surface area (Å²) in [5, 5.41) is 3.60. The maximum Gasteiger partial charge on any atom is 0.225 e. The van der Waals surface area contributed by atoms with Gasteiger partial charge in [-0.05, 0) is 41.7 Å². The molecule has 0 aromatic heterocycles. The van der Waals surface area contributed by atoms with E-state index < -0.39 is 0 Å². The number of hydrogen-bond donors (Lipinski definition) is 1. The van der Waals surface area contributed by atoms with Gasteiger partial charge in [0.25, 0.3) is 0 Å². The van der Waals surface area contributed by atoms with Crippen LogP contribution in [0.5, 0.6) is 5.75 Å². The van der Waals surface area contributed by atoms with E-state index in [2.05, 4.69) is 5.32 Å². The second-order valence-electron chi connectivity index (χ2n) is 7.02. The molecule has 0 bridgehead atoms. The zero-order valence-corrected chi connectivity index (χ0v) is 15.8. The molecule has 2 aromatic carbocycles. The first kappa shape index (κ1) is 17.8. The number of carbonyl (C=O) groups excluding carboxylic acids is 2. The summed E-state index contributed by atoms with van der Waals surface area (Å²) < 4.78 is 5.31. The summed E-state index contributed by atoms with van der Waals surface area (Å²) in [6.45, 7) is 0. The summed E-state index contributed by atoms with van der Waals surface area (Å²) in [7, 11) is 1.61. The Morgan fingerprint density at radius 1 is 1.04 bits per heavy atom. The van der Waals surface area contributed by atoms with Crippen LogP contribution >= 0.6 is 11.6 Å². The number of carbonyl (C=O) groups is 2. The van der Waals surface area contributed by atoms with Crippen molar-refractivity contribution < 1.29 is 14.3 Å². The standard InChI is InChI=1S/C22H20ClNO3/c1-27-15-6-4-5-13(9-15)17-12-21(26)24-19-10-14(11-20(25)22(17)19)16-7-2-3-8-18(16)23/h2-9,14,17H,10-12H2,1H3,(H,24,26)/t14-,17+/m0/s1. The first-order chi connectivity index (χ1) is 13.1. The first-order valence-corrected chi connectivity index (χ1v) is 9.39. The van der Waals surface area contributed by atoms with E-state index in [4.69, 9.17) is 16.3 Å². The summed E-state index contributed by atoms with van der Waals surface area (Å²) >= 11 is 6.34. The number of rotatable bonds is 3. The minimum Gasteiger partial charge on any atom is -0.497 e. The average molecular weight is 382 g/mol. The molecule has 1 amide bonds. The number of amides is 1. The van der Waals surface area contributed by atoms with Gasteiger partial charge in [-0.15, -0.1) is 0 Å². The van der Waals surface area contributed by atoms with Crippen LogP contribution in [0.15, 0.2) is 59.8 Å². The Kier molecular flexibility index (Phi) is 4.75. The molecule has 5 heteroatoms. The Morgan fingerprint density at radius 2 is 1.85 bits per heavy atom. The zero-order chi connectivity index (χ0) is 19.0. The van der Waals surface area contributed by atoms with Gasteiger partial charge in [-0.3, -0.25) is 9.59 Å². The third-order valence-electron chi connectivity index (χ3n) is 5.38. The van der Waals surface area contributed by atoms with Crippen molar-refractivity contribution in [3.8, 4) is 5.75 Å². The van der Waals surface area contributed by atoms with Crippen molar-refractivity contribution in [1.29, 1.82) is 0 Å². The van der Waals surface area contributed by atoms with Crippen molar-refractivity contribution >= 4 is 23.3 Å². The van der Waals surface area contributed by atoms with Gasteiger partial charge in [0.1, 0.15) is 5.75 Å². The number of nitrogens with one attached hydrogen (secondary N) is 1. The number of benzene rings is 2. The maximum atomic E-state index is 13.1. The lowest BCUT2D eigenvalue weighted by Crippen LogP contribution is -2.38. The fourth-order valence-electron chi connectivity index (χ4n) is 4.13. The lowest BCUT2D eigenvalue weighted by molar-refractivity contribution is -0.122. The predicted octanol–water partition coefficient (Wildman–Crippen LogP) is 4.35. The average Bonchev–Trinajstić information content (AvgIpc) is 2.67. The highest BCUT2D eigenvalue weighted by Gasteiger charge is 2.38. The van der Waals surface area contributed by atoms with Crippen LogP contribution in [0.3, 0.4) is 0 Å². The Hall–Kier alpha value is -2.59. The number of ether oxygens (including phenoxy) is 1. The zero-order valence-electron chi connectivity index (χ0n) is 15.0. The van der Waals surface area contributed by atoms with Gasteiger partial charge in [-0.25, -0.2) is 0 Å². The third kappa shape index (κ3) is 3.37. The van der Waals surface area contributed by atoms with E-state index in [1.54, 1.807) is 7.11 Å². The van der Waals surface area contributed by atoms with E-state index in [0.717, 1.165) is 28.1 Å². The normalized spacial score (nSPS) is 22.3. The van der Waals surface area contributed by atoms with E-state index in [-0.39, 0.29) is 29.9 Å². The number of allylic oxidation sites excluding steroid dienone is 2. The number of ketones is 1. The summed E-state index contributed by atoms with van der Waals surface area (Å²) in [4.78, 5) is 25.4. The smallest absolute Gasteiger partial charge is 0.225 e. The van der Waals surface area contributed by atoms with E-state index in [0.29, 0.717) is 17.9 Å². The minimum absolute atomic E-state index is 0.0192. The minimum atomic E-state index is -0.233. The van der Waals surface area contributed by atoms with Crippen LogP contribution in [0, 0.1) is 0 Å². The van der Waals surface area contributed by atoms with Crippen LogP contribution in [0.1, 0.15) is 42.2 Å². The molecule has 1 heterocycles. The quantitative estimate of drug-likeness (QED) is 0.859. The summed E-state index contributed by atoms with van der Waals surface area (Å²) in [5.41, 5.74) is 3.35. The van der Waals surface area contributed by atoms with Crippen LogP contribution in [0.4, 0.5) is 0 Å². The molecule has 1 aliphatic carbocycles. The molecule has 0 spiro atoms. The predicted molar refractivity (Wildman–Crippen MR) is 104 cm³/mol. The second-order valence-corrected chi connectivity index (χ2v) is 7.43. The highest BCUT2D eigenvalue weighted by atomic mass is 35.5. The lowest BCUT2D eigenvalue weighted by Gasteiger charge is -2.34. The topological polar surface area (TPSA) is 55.4 Å². The molecule has 4 nitrogen and oxygen atoms in total. The number of methoxy groups -OCH3 is 1. The highest BCUT2D eigenvalue weighted by Crippen LogP contribution is 2.44. The van der Waals surface area contributed by atoms with Gasteiger partial charge in [0, 0.05) is 35.1 Å². The highest BCUT2D eigenvalue weighted by molar-refractivity contribution is 6.31. The monoisotopic (exact) mass is 381 g/mol. The Morgan fingerprint density at radius 3 is 2.63 bits per heavy atom. The molecular formula is C22H20ClNO3. The van der Waals surface area contributed by atoms with Crippen molar-refractivity contribution in [3.63, 3.8) is 0 Å². The Bertz CT molecular complexity index is 950. The SMILES string of the molecule is COc1cccc([C@H]2CC(=O)NC3=C2C(=O)C[C@@H](c2ccccc2Cl)C3)c1. The van der Waals surface area contributed by atoms with Crippen molar-refractivity contribution in [2.45, 2.75) is 31.1 Å². The number of halogens is 1. The summed E-state index contributed by atoms with van der Waals surface area (Å²) in [5.74, 6) is 0.485. The van der Waals surface area contributed by atoms with Gasteiger partial charge < -0.3 is 10.1 Å². The van der Waals surface area contributed by atoms with Crippen molar-refractivity contribution in [3.05, 3.63) is 76.0 Å². The Labute approximate surface area is 163 Å². The molecule has 1 aliphatic heterocycles. The summed E-state index contributed by atoms with van der Waals surface area (Å²) in [6, 6.07) is 15.2. The molecule has 27 heavy (non-hydrogen) atoms. The van der Waals surface area contributed by atoms with Crippen molar-refractivity contribution in [2.75, 3.05) is 7.11 Å². The molecule has 138 valence electrons. The third-order valence-corrected chi connectivity index (χ3v) is 5.72. The van der Waals surface area contributed by atoms with Gasteiger partial charge in [-0.1, -0.05) is 41.9 Å². The largest absolute Gasteiger partial charge is 0.497 e. The first-order valence-electron chi connectivity index (χ1n) is 9.01. The molecule has 2 aliphatic rings. The van der Waals surface area contributed by atoms with Crippen LogP contribution in [-0.4, -0.2) is 18.8 Å². The second kappa shape index (κ2) is 7.20. The van der Waals surface area contributed by atoms with E-state index in [1.165, 1.54) is 0 Å². The van der Waals surface area contributed by atoms with Gasteiger partial charge in [0.15, 0.2) is 5.78 Å². The molecule has 2 atom stereocenters. The number of Topliss-reactive ketones (excluding diaryl/α,β-unsaturated/α-hetero) is 1. The fourth-order valence-corrected chi connectivity index (χ4v) is 4.42. The fraction of sp³-hybridized carbons (Fsp3) is 0.273. The van der Waals surface area contributed by atoms with E-state index in [9.17, 15) is 9.59 Å². The van der Waals surface area contributed by atoms with Gasteiger partial charge in [0.05, 0.1) is 7.11 Å². The molecule has 0 saturated carbocycles. The molecule has 1 N–H and O–H groups in total. The molecule has 0 radical (unpaired) electrons. The number of hydrogen-bond acceptors (Lipinski definition) is 3. The van der Waals surface area contributed by atoms with Crippen molar-refractivity contribution in [1.82, 2.24) is 5.32 Å². The van der Waals surface area contributed by atoms with Crippen LogP contribution in [-0.2, 0) is 9.59 Å². The molecular weight excluding hydrogens is 362 g/mol. The Balaban J connectivity index is 1.73. The van der Waals surface area contributed by atoms with E-state index in [1.807, 2.05) is 48.5 Å². The van der Waals surface area contributed by atoms with E-state index >= 15 is 0 Å². The summed E-state index contributed by atoms with van der Waals surface area (Å²) in [6.07, 6.45) is 1.28. The maximum absolute atomic E-state index is 13.1. The molecule has 2 aromatic rings. The molecule has 0 saturated heterocycles.